The summed E-state index contributed by atoms with van der Waals surface area (Å²) in [6, 6.07) is 25.7. The van der Waals surface area contributed by atoms with E-state index in [1.54, 1.807) is 36.4 Å². The first kappa shape index (κ1) is 30.7. The van der Waals surface area contributed by atoms with Crippen molar-refractivity contribution in [2.75, 3.05) is 17.3 Å². The van der Waals surface area contributed by atoms with Crippen LogP contribution in [0.4, 0.5) is 11.6 Å². The van der Waals surface area contributed by atoms with Crippen LogP contribution in [0.15, 0.2) is 96.1 Å². The number of para-hydroxylation sites is 2. The maximum atomic E-state index is 12.4. The Balaban J connectivity index is 0.977. The van der Waals surface area contributed by atoms with E-state index in [4.69, 9.17) is 21.1 Å². The topological polar surface area (TPSA) is 147 Å². The summed E-state index contributed by atoms with van der Waals surface area (Å²) in [5, 5.41) is 28.3. The number of ether oxygens (including phenoxy) is 2. The van der Waals surface area contributed by atoms with Crippen molar-refractivity contribution < 1.29 is 19.4 Å². The van der Waals surface area contributed by atoms with Gasteiger partial charge in [0.2, 0.25) is 0 Å². The minimum absolute atomic E-state index is 0.0913. The van der Waals surface area contributed by atoms with Crippen LogP contribution in [0.3, 0.4) is 0 Å². The van der Waals surface area contributed by atoms with Gasteiger partial charge in [-0.05, 0) is 79.9 Å². The largest absolute Gasteiger partial charge is 0.507 e. The number of carbonyl (C=O) groups excluding carboxylic acids is 1. The SMILES string of the molecule is CC1=CC(C)(Cc2ccc(/C=N/Nc3nnc4c(n3)[nH]c3ccccc34)c(O)c2)Nc2ccc(OC(=O)COc3ccccc3Cl)cc21. The average molecular weight is 660 g/mol. The summed E-state index contributed by atoms with van der Waals surface area (Å²) >= 11 is 6.10. The molecule has 0 radical (unpaired) electrons. The normalized spacial score (nSPS) is 15.6. The second-order valence-electron chi connectivity index (χ2n) is 11.7. The standard InChI is InChI=1S/C36H30ClN7O4/c1-21-17-36(2,41-29-14-13-24(16-26(21)29)48-32(46)20-47-31-10-6-4-8-27(31)37)18-22-11-12-23(30(45)15-22)19-38-43-35-40-34-33(42-44-35)25-7-3-5-9-28(25)39-34/h3-17,19,41,45H,18,20H2,1-2H3,(H2,39,40,43,44)/b38-19+. The van der Waals surface area contributed by atoms with Crippen LogP contribution in [0, 0.1) is 0 Å². The number of aromatic amines is 1. The highest BCUT2D eigenvalue weighted by Gasteiger charge is 2.28. The number of hydrogen-bond donors (Lipinski definition) is 4. The lowest BCUT2D eigenvalue weighted by molar-refractivity contribution is -0.136. The first-order valence-corrected chi connectivity index (χ1v) is 15.5. The molecule has 12 heteroatoms. The number of carbonyl (C=O) groups is 1. The second-order valence-corrected chi connectivity index (χ2v) is 12.1. The number of anilines is 2. The Bertz CT molecular complexity index is 2250. The summed E-state index contributed by atoms with van der Waals surface area (Å²) in [5.41, 5.74) is 8.89. The molecular formula is C36H30ClN7O4. The number of allylic oxidation sites excluding steroid dienone is 1. The van der Waals surface area contributed by atoms with E-state index in [-0.39, 0.29) is 18.3 Å². The smallest absolute Gasteiger partial charge is 0.349 e. The van der Waals surface area contributed by atoms with Crippen LogP contribution in [0.25, 0.3) is 27.6 Å². The van der Waals surface area contributed by atoms with Gasteiger partial charge in [0.15, 0.2) is 12.3 Å². The number of phenols is 1. The van der Waals surface area contributed by atoms with E-state index >= 15 is 0 Å². The lowest BCUT2D eigenvalue weighted by Gasteiger charge is -2.35. The van der Waals surface area contributed by atoms with Gasteiger partial charge < -0.3 is 24.9 Å². The van der Waals surface area contributed by atoms with Gasteiger partial charge in [0.05, 0.1) is 16.8 Å². The fourth-order valence-corrected chi connectivity index (χ4v) is 6.03. The quantitative estimate of drug-likeness (QED) is 0.0551. The van der Waals surface area contributed by atoms with Crippen molar-refractivity contribution in [3.05, 3.63) is 113 Å². The Labute approximate surface area is 280 Å². The van der Waals surface area contributed by atoms with Gasteiger partial charge >= 0.3 is 5.97 Å². The summed E-state index contributed by atoms with van der Waals surface area (Å²) in [7, 11) is 0. The predicted octanol–water partition coefficient (Wildman–Crippen LogP) is 7.13. The van der Waals surface area contributed by atoms with E-state index < -0.39 is 11.5 Å². The Morgan fingerprint density at radius 3 is 2.75 bits per heavy atom. The third kappa shape index (κ3) is 6.49. The van der Waals surface area contributed by atoms with Gasteiger partial charge in [0, 0.05) is 27.7 Å². The van der Waals surface area contributed by atoms with Gasteiger partial charge in [-0.15, -0.1) is 10.2 Å². The van der Waals surface area contributed by atoms with Crippen LogP contribution in [0.2, 0.25) is 5.02 Å². The summed E-state index contributed by atoms with van der Waals surface area (Å²) in [6.07, 6.45) is 4.25. The molecule has 0 aliphatic carbocycles. The molecule has 2 aromatic heterocycles. The molecule has 3 heterocycles. The van der Waals surface area contributed by atoms with Crippen LogP contribution in [0.1, 0.15) is 30.5 Å². The molecule has 0 amide bonds. The van der Waals surface area contributed by atoms with Crippen molar-refractivity contribution in [2.24, 2.45) is 5.10 Å². The number of H-pyrrole nitrogens is 1. The van der Waals surface area contributed by atoms with E-state index in [1.165, 1.54) is 6.21 Å². The molecule has 11 nitrogen and oxygen atoms in total. The van der Waals surface area contributed by atoms with Gasteiger partial charge in [-0.1, -0.05) is 54.1 Å². The monoisotopic (exact) mass is 659 g/mol. The Kier molecular flexibility index (Phi) is 8.12. The third-order valence-corrected chi connectivity index (χ3v) is 8.25. The molecule has 4 aromatic carbocycles. The van der Waals surface area contributed by atoms with Crippen molar-refractivity contribution in [1.29, 1.82) is 0 Å². The third-order valence-electron chi connectivity index (χ3n) is 7.94. The Hall–Kier alpha value is -5.94. The zero-order valence-electron chi connectivity index (χ0n) is 26.0. The van der Waals surface area contributed by atoms with Crippen molar-refractivity contribution in [2.45, 2.75) is 25.8 Å². The van der Waals surface area contributed by atoms with E-state index in [2.05, 4.69) is 49.0 Å². The number of rotatable bonds is 9. The lowest BCUT2D eigenvalue weighted by Crippen LogP contribution is -2.37. The van der Waals surface area contributed by atoms with Gasteiger partial charge in [-0.2, -0.15) is 10.1 Å². The molecule has 1 aliphatic rings. The molecule has 4 N–H and O–H groups in total. The van der Waals surface area contributed by atoms with E-state index in [9.17, 15) is 9.90 Å². The van der Waals surface area contributed by atoms with E-state index in [1.807, 2.05) is 55.5 Å². The summed E-state index contributed by atoms with van der Waals surface area (Å²) < 4.78 is 11.0. The van der Waals surface area contributed by atoms with Crippen molar-refractivity contribution in [3.63, 3.8) is 0 Å². The molecule has 0 saturated carbocycles. The van der Waals surface area contributed by atoms with E-state index in [0.29, 0.717) is 39.7 Å². The number of phenolic OH excluding ortho intramolecular Hbond substituents is 1. The number of aromatic nitrogens is 4. The maximum Gasteiger partial charge on any atom is 0.349 e. The predicted molar refractivity (Wildman–Crippen MR) is 187 cm³/mol. The zero-order chi connectivity index (χ0) is 33.3. The van der Waals surface area contributed by atoms with Crippen molar-refractivity contribution in [3.8, 4) is 17.2 Å². The number of fused-ring (bicyclic) bond motifs is 4. The number of esters is 1. The van der Waals surface area contributed by atoms with Crippen LogP contribution < -0.4 is 20.2 Å². The van der Waals surface area contributed by atoms with Crippen LogP contribution in [-0.2, 0) is 11.2 Å². The van der Waals surface area contributed by atoms with Gasteiger partial charge in [-0.3, -0.25) is 0 Å². The summed E-state index contributed by atoms with van der Waals surface area (Å²) in [6.45, 7) is 3.84. The Morgan fingerprint density at radius 2 is 1.90 bits per heavy atom. The molecule has 0 saturated heterocycles. The highest BCUT2D eigenvalue weighted by Crippen LogP contribution is 2.38. The first-order chi connectivity index (χ1) is 23.2. The fourth-order valence-electron chi connectivity index (χ4n) is 5.84. The molecule has 7 rings (SSSR count). The molecule has 1 atom stereocenters. The molecule has 0 spiro atoms. The molecule has 240 valence electrons. The summed E-state index contributed by atoms with van der Waals surface area (Å²) in [4.78, 5) is 20.1. The summed E-state index contributed by atoms with van der Waals surface area (Å²) in [5.74, 6) is 0.617. The Morgan fingerprint density at radius 1 is 1.06 bits per heavy atom. The van der Waals surface area contributed by atoms with Crippen LogP contribution >= 0.6 is 11.6 Å². The first-order valence-electron chi connectivity index (χ1n) is 15.2. The van der Waals surface area contributed by atoms with Gasteiger partial charge in [0.1, 0.15) is 22.8 Å². The minimum Gasteiger partial charge on any atom is -0.507 e. The zero-order valence-corrected chi connectivity index (χ0v) is 26.7. The number of halogens is 1. The number of hydrazone groups is 1. The molecule has 1 aliphatic heterocycles. The van der Waals surface area contributed by atoms with Gasteiger partial charge in [-0.25, -0.2) is 10.2 Å². The molecule has 48 heavy (non-hydrogen) atoms. The van der Waals surface area contributed by atoms with Gasteiger partial charge in [0.25, 0.3) is 5.95 Å². The number of benzene rings is 4. The van der Waals surface area contributed by atoms with E-state index in [0.717, 1.165) is 33.3 Å². The molecule has 6 aromatic rings. The van der Waals surface area contributed by atoms with Crippen molar-refractivity contribution >= 4 is 63.1 Å². The van der Waals surface area contributed by atoms with Crippen LogP contribution in [-0.4, -0.2) is 49.6 Å². The highest BCUT2D eigenvalue weighted by molar-refractivity contribution is 6.32. The highest BCUT2D eigenvalue weighted by atomic mass is 35.5. The molecule has 0 bridgehead atoms. The average Bonchev–Trinajstić information content (AvgIpc) is 3.43. The molecule has 0 fully saturated rings. The minimum atomic E-state index is -0.536. The fraction of sp³-hybridized carbons (Fsp3) is 0.139. The number of nitrogens with zero attached hydrogens (tertiary/aromatic N) is 4. The van der Waals surface area contributed by atoms with Crippen LogP contribution in [0.5, 0.6) is 17.2 Å². The lowest BCUT2D eigenvalue weighted by atomic mass is 9.85. The van der Waals surface area contributed by atoms with Crippen molar-refractivity contribution in [1.82, 2.24) is 20.2 Å². The maximum absolute atomic E-state index is 12.4. The molecular weight excluding hydrogens is 630 g/mol. The number of hydrogen-bond acceptors (Lipinski definition) is 10. The number of aromatic hydroxyl groups is 1. The second kappa shape index (κ2) is 12.7. The number of nitrogens with one attached hydrogen (secondary N) is 3. The molecule has 1 unspecified atom stereocenters.